The number of rotatable bonds is 5. The molecule has 2 aromatic carbocycles. The van der Waals surface area contributed by atoms with Crippen molar-refractivity contribution in [3.63, 3.8) is 0 Å². The Morgan fingerprint density at radius 2 is 1.62 bits per heavy atom. The molecule has 1 aliphatic heterocycles. The number of likely N-dealkylation sites (tertiary alicyclic amines) is 1. The highest BCUT2D eigenvalue weighted by Gasteiger charge is 2.47. The number of Topliss-reactive ketones (excluding diaryl/α,β-unsaturated/α-hetero) is 1. The summed E-state index contributed by atoms with van der Waals surface area (Å²) in [4.78, 5) is 37.3. The molecule has 32 heavy (non-hydrogen) atoms. The van der Waals surface area contributed by atoms with Crippen molar-refractivity contribution >= 4 is 23.3 Å². The number of carbonyl (C=O) groups is 3. The van der Waals surface area contributed by atoms with Crippen LogP contribution < -0.4 is 5.32 Å². The molecule has 1 saturated heterocycles. The summed E-state index contributed by atoms with van der Waals surface area (Å²) in [5, 5.41) is 2.43. The summed E-state index contributed by atoms with van der Waals surface area (Å²) in [7, 11) is 0. The lowest BCUT2D eigenvalue weighted by Gasteiger charge is -2.33. The molecule has 0 bridgehead atoms. The molecule has 1 N–H and O–H groups in total. The highest BCUT2D eigenvalue weighted by atomic mass is 19.3. The van der Waals surface area contributed by atoms with Crippen molar-refractivity contribution in [2.75, 3.05) is 18.4 Å². The van der Waals surface area contributed by atoms with Gasteiger partial charge in [0.1, 0.15) is 17.4 Å². The fourth-order valence-electron chi connectivity index (χ4n) is 3.64. The molecule has 170 valence electrons. The van der Waals surface area contributed by atoms with Gasteiger partial charge in [-0.05, 0) is 68.7 Å². The summed E-state index contributed by atoms with van der Waals surface area (Å²) >= 11 is 0. The monoisotopic (exact) mass is 450 g/mol. The Morgan fingerprint density at radius 1 is 1.00 bits per heavy atom. The summed E-state index contributed by atoms with van der Waals surface area (Å²) in [5.41, 5.74) is -0.991. The van der Waals surface area contributed by atoms with E-state index in [0.717, 1.165) is 17.0 Å². The van der Waals surface area contributed by atoms with Crippen molar-refractivity contribution in [3.8, 4) is 0 Å². The molecule has 0 spiro atoms. The Kier molecular flexibility index (Phi) is 6.66. The van der Waals surface area contributed by atoms with E-state index in [2.05, 4.69) is 5.32 Å². The molecule has 0 atom stereocenters. The third kappa shape index (κ3) is 4.81. The Bertz CT molecular complexity index is 1060. The molecular formula is C23H22F4N2O3. The molecular weight excluding hydrogens is 428 g/mol. The van der Waals surface area contributed by atoms with Crippen molar-refractivity contribution in [3.05, 3.63) is 64.7 Å². The van der Waals surface area contributed by atoms with Crippen molar-refractivity contribution in [2.24, 2.45) is 5.92 Å². The van der Waals surface area contributed by atoms with Crippen LogP contribution in [0.5, 0.6) is 0 Å². The molecule has 2 amide bonds. The second-order valence-electron chi connectivity index (χ2n) is 7.86. The Labute approximate surface area is 182 Å². The van der Waals surface area contributed by atoms with E-state index >= 15 is 0 Å². The molecule has 0 unspecified atom stereocenters. The van der Waals surface area contributed by atoms with Gasteiger partial charge in [-0.2, -0.15) is 8.78 Å². The van der Waals surface area contributed by atoms with Crippen LogP contribution in [-0.2, 0) is 15.5 Å². The molecule has 1 heterocycles. The van der Waals surface area contributed by atoms with Crippen LogP contribution in [0.2, 0.25) is 0 Å². The Hall–Kier alpha value is -3.23. The largest absolute Gasteiger partial charge is 0.352 e. The topological polar surface area (TPSA) is 66.5 Å². The summed E-state index contributed by atoms with van der Waals surface area (Å²) < 4.78 is 57.6. The second-order valence-corrected chi connectivity index (χ2v) is 7.86. The minimum atomic E-state index is -4.20. The first-order valence-electron chi connectivity index (χ1n) is 10.1. The van der Waals surface area contributed by atoms with Gasteiger partial charge in [-0.25, -0.2) is 8.78 Å². The molecule has 3 rings (SSSR count). The number of nitrogens with one attached hydrogen (secondary N) is 1. The van der Waals surface area contributed by atoms with Crippen molar-refractivity contribution in [1.29, 1.82) is 0 Å². The number of carbonyl (C=O) groups excluding carboxylic acids is 3. The van der Waals surface area contributed by atoms with Crippen LogP contribution in [-0.4, -0.2) is 35.6 Å². The van der Waals surface area contributed by atoms with Gasteiger partial charge < -0.3 is 10.2 Å². The van der Waals surface area contributed by atoms with Crippen LogP contribution in [0.3, 0.4) is 0 Å². The molecule has 0 saturated carbocycles. The second kappa shape index (κ2) is 9.10. The number of aryl methyl sites for hydroxylation is 1. The number of anilines is 1. The standard InChI is InChI=1S/C23H22F4N2O3/c1-13-11-17(4-6-19(13)24)28-21(31)16-3-5-20(25)18(12-16)23(26,27)22(32)29-9-7-15(8-10-29)14(2)30/h3-6,11-12,15H,7-10H2,1-2H3,(H,28,31). The minimum absolute atomic E-state index is 0.0373. The van der Waals surface area contributed by atoms with Gasteiger partial charge in [-0.15, -0.1) is 0 Å². The third-order valence-corrected chi connectivity index (χ3v) is 5.61. The van der Waals surface area contributed by atoms with Gasteiger partial charge in [0, 0.05) is 30.3 Å². The zero-order chi connectivity index (χ0) is 23.6. The van der Waals surface area contributed by atoms with E-state index in [4.69, 9.17) is 0 Å². The fourth-order valence-corrected chi connectivity index (χ4v) is 3.64. The molecule has 5 nitrogen and oxygen atoms in total. The number of halogens is 4. The number of amides is 2. The first-order chi connectivity index (χ1) is 15.0. The molecule has 2 aromatic rings. The van der Waals surface area contributed by atoms with Crippen molar-refractivity contribution < 1.29 is 31.9 Å². The maximum absolute atomic E-state index is 14.9. The predicted molar refractivity (Wildman–Crippen MR) is 109 cm³/mol. The lowest BCUT2D eigenvalue weighted by Crippen LogP contribution is -2.47. The average molecular weight is 450 g/mol. The summed E-state index contributed by atoms with van der Waals surface area (Å²) in [5.74, 6) is -8.74. The zero-order valence-corrected chi connectivity index (χ0v) is 17.6. The first kappa shape index (κ1) is 23.4. The van der Waals surface area contributed by atoms with Gasteiger partial charge >= 0.3 is 5.92 Å². The van der Waals surface area contributed by atoms with Crippen molar-refractivity contribution in [1.82, 2.24) is 4.90 Å². The lowest BCUT2D eigenvalue weighted by atomic mass is 9.92. The number of nitrogens with zero attached hydrogens (tertiary/aromatic N) is 1. The van der Waals surface area contributed by atoms with Gasteiger partial charge in [-0.1, -0.05) is 0 Å². The average Bonchev–Trinajstić information content (AvgIpc) is 2.76. The number of hydrogen-bond acceptors (Lipinski definition) is 3. The quantitative estimate of drug-likeness (QED) is 0.685. The number of alkyl halides is 2. The van der Waals surface area contributed by atoms with E-state index in [9.17, 15) is 31.9 Å². The molecule has 1 aliphatic rings. The summed E-state index contributed by atoms with van der Waals surface area (Å²) in [6.07, 6.45) is 0.526. The van der Waals surface area contributed by atoms with E-state index in [1.165, 1.54) is 26.0 Å². The van der Waals surface area contributed by atoms with Crippen LogP contribution in [0, 0.1) is 24.5 Å². The van der Waals surface area contributed by atoms with Crippen LogP contribution >= 0.6 is 0 Å². The van der Waals surface area contributed by atoms with Crippen LogP contribution in [0.1, 0.15) is 41.3 Å². The smallest absolute Gasteiger partial charge is 0.337 e. The third-order valence-electron chi connectivity index (χ3n) is 5.61. The van der Waals surface area contributed by atoms with Crippen LogP contribution in [0.15, 0.2) is 36.4 Å². The highest BCUT2D eigenvalue weighted by molar-refractivity contribution is 6.04. The minimum Gasteiger partial charge on any atom is -0.337 e. The normalized spacial score (nSPS) is 14.9. The number of ketones is 1. The maximum Gasteiger partial charge on any atom is 0.352 e. The molecule has 1 fully saturated rings. The molecule has 9 heteroatoms. The Balaban J connectivity index is 1.80. The van der Waals surface area contributed by atoms with Gasteiger partial charge in [0.2, 0.25) is 0 Å². The van der Waals surface area contributed by atoms with E-state index in [-0.39, 0.29) is 54.4 Å². The van der Waals surface area contributed by atoms with E-state index in [1.807, 2.05) is 0 Å². The SMILES string of the molecule is CC(=O)C1CCN(C(=O)C(F)(F)c2cc(C(=O)Nc3ccc(F)c(C)c3)ccc2F)CC1. The predicted octanol–water partition coefficient (Wildman–Crippen LogP) is 4.44. The van der Waals surface area contributed by atoms with Crippen molar-refractivity contribution in [2.45, 2.75) is 32.6 Å². The van der Waals surface area contributed by atoms with E-state index < -0.39 is 34.9 Å². The van der Waals surface area contributed by atoms with Crippen LogP contribution in [0.4, 0.5) is 23.2 Å². The van der Waals surface area contributed by atoms with Gasteiger partial charge in [0.25, 0.3) is 11.8 Å². The summed E-state index contributed by atoms with van der Waals surface area (Å²) in [6.45, 7) is 2.83. The van der Waals surface area contributed by atoms with Gasteiger partial charge in [-0.3, -0.25) is 14.4 Å². The number of hydrogen-bond donors (Lipinski definition) is 1. The van der Waals surface area contributed by atoms with Gasteiger partial charge in [0.05, 0.1) is 5.56 Å². The fraction of sp³-hybridized carbons (Fsp3) is 0.348. The molecule has 0 aliphatic carbocycles. The first-order valence-corrected chi connectivity index (χ1v) is 10.1. The zero-order valence-electron chi connectivity index (χ0n) is 17.6. The molecule has 0 aromatic heterocycles. The van der Waals surface area contributed by atoms with Crippen LogP contribution in [0.25, 0.3) is 0 Å². The van der Waals surface area contributed by atoms with E-state index in [1.54, 1.807) is 0 Å². The number of benzene rings is 2. The highest BCUT2D eigenvalue weighted by Crippen LogP contribution is 2.34. The molecule has 0 radical (unpaired) electrons. The Morgan fingerprint density at radius 3 is 2.22 bits per heavy atom. The summed E-state index contributed by atoms with van der Waals surface area (Å²) in [6, 6.07) is 6.16. The van der Waals surface area contributed by atoms with Gasteiger partial charge in [0.15, 0.2) is 0 Å². The van der Waals surface area contributed by atoms with E-state index in [0.29, 0.717) is 12.1 Å². The number of piperidine rings is 1. The maximum atomic E-state index is 14.9. The lowest BCUT2D eigenvalue weighted by molar-refractivity contribution is -0.161.